The Balaban J connectivity index is 0.000000705. The minimum absolute atomic E-state index is 0. The van der Waals surface area contributed by atoms with E-state index in [-0.39, 0.29) is 37.9 Å². The van der Waals surface area contributed by atoms with Gasteiger partial charge in [0.2, 0.25) is 11.8 Å². The molecule has 0 amide bonds. The van der Waals surface area contributed by atoms with E-state index >= 15 is 0 Å². The molecular weight excluding hydrogens is 649 g/mol. The van der Waals surface area contributed by atoms with Gasteiger partial charge in [0.05, 0.1) is 22.1 Å². The molecule has 0 atom stereocenters. The maximum Gasteiger partial charge on any atom is 1.00 e. The Morgan fingerprint density at radius 3 is 1.52 bits per heavy atom. The zero-order chi connectivity index (χ0) is 36.3. The third-order valence-corrected chi connectivity index (χ3v) is 15.1. The van der Waals surface area contributed by atoms with Crippen LogP contribution in [0, 0.1) is 34.6 Å². The van der Waals surface area contributed by atoms with Gasteiger partial charge >= 0.3 is 18.9 Å². The number of fused-ring (bicyclic) bond motifs is 2. The van der Waals surface area contributed by atoms with Gasteiger partial charge in [-0.05, 0) is 112 Å². The molecule has 262 valence electrons. The molecule has 6 nitrogen and oxygen atoms in total. The summed E-state index contributed by atoms with van der Waals surface area (Å²) in [5.74, 6) is 0.0558. The van der Waals surface area contributed by atoms with Crippen molar-refractivity contribution in [3.8, 4) is 0 Å². The fraction of sp³-hybridized carbons (Fsp3) is 0.553. The first-order valence-electron chi connectivity index (χ1n) is 16.8. The predicted octanol–water partition coefficient (Wildman–Crippen LogP) is 8.61. The minimum atomic E-state index is -0.462. The molecule has 0 saturated heterocycles. The van der Waals surface area contributed by atoms with Crippen LogP contribution in [0.4, 0.5) is 0 Å². The number of carbonyl (C=O) groups is 2. The van der Waals surface area contributed by atoms with Crippen molar-refractivity contribution in [2.75, 3.05) is 0 Å². The molecule has 10 heteroatoms. The van der Waals surface area contributed by atoms with Crippen molar-refractivity contribution in [1.29, 1.82) is 0 Å². The summed E-state index contributed by atoms with van der Waals surface area (Å²) in [6, 6.07) is 8.20. The Morgan fingerprint density at radius 2 is 1.17 bits per heavy atom. The monoisotopic (exact) mass is 708 g/mol. The molecule has 0 radical (unpaired) electrons. The molecule has 48 heavy (non-hydrogen) atoms. The van der Waals surface area contributed by atoms with Crippen LogP contribution in [0.5, 0.6) is 0 Å². The van der Waals surface area contributed by atoms with Crippen molar-refractivity contribution in [2.24, 2.45) is 0 Å². The van der Waals surface area contributed by atoms with Gasteiger partial charge in [0.1, 0.15) is 11.9 Å². The molecule has 0 aliphatic rings. The van der Waals surface area contributed by atoms with Crippen LogP contribution in [0.2, 0.25) is 0 Å². The third-order valence-electron chi connectivity index (χ3n) is 7.75. The number of carbonyl (C=O) groups excluding carboxylic acids is 2. The Bertz CT molecular complexity index is 1590. The van der Waals surface area contributed by atoms with Gasteiger partial charge in [0.15, 0.2) is 0 Å². The summed E-state index contributed by atoms with van der Waals surface area (Å²) in [7, 11) is -0.688. The topological polar surface area (TPSA) is 69.8 Å². The zero-order valence-electron chi connectivity index (χ0n) is 32.7. The number of benzene rings is 2. The first-order chi connectivity index (χ1) is 21.8. The molecular formula is C38H60ClLiN4O2P2. The van der Waals surface area contributed by atoms with E-state index in [1.807, 2.05) is 30.5 Å². The summed E-state index contributed by atoms with van der Waals surface area (Å²) in [5.41, 5.74) is 11.8. The van der Waals surface area contributed by atoms with Crippen molar-refractivity contribution in [3.05, 3.63) is 59.8 Å². The first kappa shape index (κ1) is 46.5. The summed E-state index contributed by atoms with van der Waals surface area (Å²) < 4.78 is 3.41. The van der Waals surface area contributed by atoms with Gasteiger partial charge < -0.3 is 6.92 Å². The maximum atomic E-state index is 12.2. The average Bonchev–Trinajstić information content (AvgIpc) is 3.54. The van der Waals surface area contributed by atoms with Gasteiger partial charge in [-0.3, -0.25) is 18.7 Å². The van der Waals surface area contributed by atoms with Crippen LogP contribution in [-0.2, 0) is 0 Å². The van der Waals surface area contributed by atoms with Crippen LogP contribution in [0.25, 0.3) is 22.1 Å². The van der Waals surface area contributed by atoms with Gasteiger partial charge in [-0.15, -0.1) is 0 Å². The van der Waals surface area contributed by atoms with Crippen molar-refractivity contribution in [1.82, 2.24) is 19.1 Å². The minimum Gasteiger partial charge on any atom is -0.343 e. The smallest absolute Gasteiger partial charge is 0.343 e. The molecule has 0 bridgehead atoms. The van der Waals surface area contributed by atoms with Crippen LogP contribution in [0.1, 0.15) is 121 Å². The van der Waals surface area contributed by atoms with Gasteiger partial charge in [-0.1, -0.05) is 80.0 Å². The number of halogens is 1. The molecule has 4 rings (SSSR count). The fourth-order valence-corrected chi connectivity index (χ4v) is 8.98. The van der Waals surface area contributed by atoms with E-state index in [9.17, 15) is 9.59 Å². The van der Waals surface area contributed by atoms with Gasteiger partial charge in [-0.25, -0.2) is 9.97 Å². The number of aromatic nitrogens is 4. The second-order valence-corrected chi connectivity index (χ2v) is 20.4. The molecule has 2 heterocycles. The number of rotatable bonds is 6. The van der Waals surface area contributed by atoms with Gasteiger partial charge in [0, 0.05) is 13.8 Å². The fourth-order valence-electron chi connectivity index (χ4n) is 4.97. The molecule has 2 aromatic carbocycles. The molecule has 4 aromatic rings. The second-order valence-electron chi connectivity index (χ2n) is 13.2. The van der Waals surface area contributed by atoms with Crippen molar-refractivity contribution < 1.29 is 28.4 Å². The molecule has 0 saturated carbocycles. The molecule has 0 fully saturated rings. The van der Waals surface area contributed by atoms with Crippen LogP contribution >= 0.6 is 26.4 Å². The number of aryl methyl sites for hydroxylation is 4. The summed E-state index contributed by atoms with van der Waals surface area (Å²) in [4.78, 5) is 32.5. The van der Waals surface area contributed by atoms with Crippen LogP contribution in [-0.4, -0.2) is 53.6 Å². The molecule has 0 N–H and O–H groups in total. The molecule has 0 unspecified atom stereocenters. The third kappa shape index (κ3) is 13.0. The summed E-state index contributed by atoms with van der Waals surface area (Å²) in [6.45, 7) is 34.8. The number of imidazole rings is 2. The van der Waals surface area contributed by atoms with Gasteiger partial charge in [0.25, 0.3) is 0 Å². The molecule has 0 aliphatic carbocycles. The summed E-state index contributed by atoms with van der Waals surface area (Å²) >= 11 is 6.02. The number of unbranched alkanes of at least 4 members (excludes halogenated alkanes) is 1. The summed E-state index contributed by atoms with van der Waals surface area (Å²) in [6.07, 6.45) is 3.85. The largest absolute Gasteiger partial charge is 1.00 e. The van der Waals surface area contributed by atoms with Crippen molar-refractivity contribution >= 4 is 65.9 Å². The van der Waals surface area contributed by atoms with E-state index < -0.39 is 7.92 Å². The molecule has 2 aromatic heterocycles. The normalized spacial score (nSPS) is 11.1. The van der Waals surface area contributed by atoms with E-state index in [0.717, 1.165) is 34.1 Å². The zero-order valence-corrected chi connectivity index (χ0v) is 35.2. The average molecular weight is 709 g/mol. The van der Waals surface area contributed by atoms with Crippen LogP contribution < -0.4 is 24.4 Å². The van der Waals surface area contributed by atoms with Gasteiger partial charge in [-0.2, -0.15) is 6.42 Å². The van der Waals surface area contributed by atoms with Crippen molar-refractivity contribution in [2.45, 2.75) is 139 Å². The van der Waals surface area contributed by atoms with E-state index in [1.165, 1.54) is 35.6 Å². The Morgan fingerprint density at radius 1 is 0.750 bits per heavy atom. The predicted molar refractivity (Wildman–Crippen MR) is 211 cm³/mol. The Kier molecular flexibility index (Phi) is 20.9. The van der Waals surface area contributed by atoms with E-state index in [2.05, 4.69) is 100 Å². The van der Waals surface area contributed by atoms with E-state index in [1.54, 1.807) is 17.8 Å². The first-order valence-corrected chi connectivity index (χ1v) is 20.6. The van der Waals surface area contributed by atoms with E-state index in [0.29, 0.717) is 22.6 Å². The van der Waals surface area contributed by atoms with Crippen LogP contribution in [0.3, 0.4) is 0 Å². The number of hydrogen-bond acceptors (Lipinski definition) is 4. The maximum absolute atomic E-state index is 12.2. The standard InChI is InChI=1S/C17H25N2OP.C11H12N2O.C6H14ClP.C4H9.Li/c1-10(2)21(11(3)4)17-18-15-8-12(5)13(6)9-16(15)19(17)14(7)20;1-7-4-10-11(5-8(7)2)13(6-12-10)9(3)14;1-5(2)8(7)6(3)4;1-3-4-2;/h8-11H,1-7H3;4-6H,1-3H3;5-6H,1-4H3;1,3-4H2,2H3;/q;;;-1;+1. The van der Waals surface area contributed by atoms with E-state index in [4.69, 9.17) is 16.2 Å². The quantitative estimate of drug-likeness (QED) is 0.114. The van der Waals surface area contributed by atoms with Crippen LogP contribution in [0.15, 0.2) is 30.6 Å². The SMILES string of the molecule is CC(=O)n1c(P(C(C)C)C(C)C)nc2cc(C)c(C)cc21.CC(=O)n1cnc2cc(C)c(C)cc21.CC(C)P(Cl)C(C)C.[CH2-]CCC.[Li+]. The number of nitrogens with zero attached hydrogens (tertiary/aromatic N) is 4. The Labute approximate surface area is 311 Å². The number of hydrogen-bond donors (Lipinski definition) is 0. The Hall–Kier alpha value is -1.53. The summed E-state index contributed by atoms with van der Waals surface area (Å²) in [5, 5.41) is 0. The molecule has 0 spiro atoms. The second kappa shape index (κ2) is 21.6. The van der Waals surface area contributed by atoms with Crippen molar-refractivity contribution in [3.63, 3.8) is 0 Å². The molecule has 0 aliphatic heterocycles.